The molecular weight excluding hydrogens is 210 g/mol. The predicted molar refractivity (Wildman–Crippen MR) is 55.9 cm³/mol. The molecule has 0 spiro atoms. The summed E-state index contributed by atoms with van der Waals surface area (Å²) in [6, 6.07) is 6.14. The van der Waals surface area contributed by atoms with E-state index in [0.29, 0.717) is 6.61 Å². The minimum Gasteiger partial charge on any atom is -0.363 e. The molecule has 0 bridgehead atoms. The fourth-order valence-corrected chi connectivity index (χ4v) is 1.36. The number of ether oxygens (including phenoxy) is 1. The van der Waals surface area contributed by atoms with Gasteiger partial charge in [0.2, 0.25) is 0 Å². The Kier molecular flexibility index (Phi) is 2.70. The van der Waals surface area contributed by atoms with Crippen LogP contribution in [0.25, 0.3) is 0 Å². The molecule has 84 valence electrons. The van der Waals surface area contributed by atoms with Crippen LogP contribution < -0.4 is 0 Å². The maximum atomic E-state index is 10.6. The number of nitro groups is 1. The number of nitrogens with zero attached hydrogens (tertiary/aromatic N) is 1. The molecular formula is C11H11NO4. The van der Waals surface area contributed by atoms with Crippen LogP contribution in [0.1, 0.15) is 18.4 Å². The van der Waals surface area contributed by atoms with Crippen LogP contribution in [0.5, 0.6) is 0 Å². The smallest absolute Gasteiger partial charge is 0.269 e. The molecule has 0 aromatic heterocycles. The zero-order valence-corrected chi connectivity index (χ0v) is 8.59. The first kappa shape index (κ1) is 10.8. The summed E-state index contributed by atoms with van der Waals surface area (Å²) < 4.78 is 5.44. The topological polar surface area (TPSA) is 69.4 Å². The molecule has 0 atom stereocenters. The number of aldehydes is 1. The van der Waals surface area contributed by atoms with Crippen molar-refractivity contribution in [2.45, 2.75) is 25.0 Å². The first-order chi connectivity index (χ1) is 7.65. The molecule has 1 saturated carbocycles. The van der Waals surface area contributed by atoms with Gasteiger partial charge >= 0.3 is 0 Å². The normalized spacial score (nSPS) is 16.8. The second kappa shape index (κ2) is 4.02. The summed E-state index contributed by atoms with van der Waals surface area (Å²) in [5, 5.41) is 10.4. The van der Waals surface area contributed by atoms with E-state index in [-0.39, 0.29) is 5.69 Å². The largest absolute Gasteiger partial charge is 0.363 e. The molecule has 0 amide bonds. The van der Waals surface area contributed by atoms with Gasteiger partial charge in [0.05, 0.1) is 11.5 Å². The summed E-state index contributed by atoms with van der Waals surface area (Å²) >= 11 is 0. The molecule has 1 aromatic rings. The van der Waals surface area contributed by atoms with Crippen LogP contribution in [0.2, 0.25) is 0 Å². The summed E-state index contributed by atoms with van der Waals surface area (Å²) in [4.78, 5) is 20.6. The van der Waals surface area contributed by atoms with E-state index < -0.39 is 10.5 Å². The molecule has 1 aromatic carbocycles. The van der Waals surface area contributed by atoms with Crippen molar-refractivity contribution in [1.29, 1.82) is 0 Å². The maximum Gasteiger partial charge on any atom is 0.269 e. The highest BCUT2D eigenvalue weighted by Crippen LogP contribution is 2.37. The lowest BCUT2D eigenvalue weighted by molar-refractivity contribution is -0.384. The second-order valence-electron chi connectivity index (χ2n) is 3.89. The molecule has 5 nitrogen and oxygen atoms in total. The van der Waals surface area contributed by atoms with Gasteiger partial charge in [0.1, 0.15) is 5.60 Å². The Bertz CT molecular complexity index is 408. The van der Waals surface area contributed by atoms with E-state index in [2.05, 4.69) is 0 Å². The number of rotatable bonds is 5. The lowest BCUT2D eigenvalue weighted by Gasteiger charge is -2.08. The van der Waals surface area contributed by atoms with Gasteiger partial charge in [-0.25, -0.2) is 0 Å². The molecule has 1 fully saturated rings. The first-order valence-corrected chi connectivity index (χ1v) is 4.99. The number of benzene rings is 1. The maximum absolute atomic E-state index is 10.6. The van der Waals surface area contributed by atoms with Gasteiger partial charge in [-0.05, 0) is 30.5 Å². The van der Waals surface area contributed by atoms with Gasteiger partial charge in [-0.1, -0.05) is 0 Å². The summed E-state index contributed by atoms with van der Waals surface area (Å²) in [5.74, 6) is 0. The van der Waals surface area contributed by atoms with E-state index in [4.69, 9.17) is 4.74 Å². The van der Waals surface area contributed by atoms with Gasteiger partial charge in [-0.3, -0.25) is 10.1 Å². The SMILES string of the molecule is O=CC1(OCc2ccc([N+](=O)[O-])cc2)CC1. The van der Waals surface area contributed by atoms with E-state index in [0.717, 1.165) is 24.7 Å². The third-order valence-electron chi connectivity index (χ3n) is 2.63. The average molecular weight is 221 g/mol. The van der Waals surface area contributed by atoms with Crippen molar-refractivity contribution in [3.63, 3.8) is 0 Å². The Morgan fingerprint density at radius 2 is 2.00 bits per heavy atom. The molecule has 16 heavy (non-hydrogen) atoms. The van der Waals surface area contributed by atoms with E-state index in [1.165, 1.54) is 12.1 Å². The Hall–Kier alpha value is -1.75. The number of hydrogen-bond acceptors (Lipinski definition) is 4. The van der Waals surface area contributed by atoms with Gasteiger partial charge in [-0.15, -0.1) is 0 Å². The van der Waals surface area contributed by atoms with Crippen LogP contribution in [-0.4, -0.2) is 16.8 Å². The van der Waals surface area contributed by atoms with Crippen molar-refractivity contribution < 1.29 is 14.5 Å². The third kappa shape index (κ3) is 2.25. The van der Waals surface area contributed by atoms with E-state index in [9.17, 15) is 14.9 Å². The average Bonchev–Trinajstić information content (AvgIpc) is 3.08. The van der Waals surface area contributed by atoms with Crippen molar-refractivity contribution >= 4 is 12.0 Å². The van der Waals surface area contributed by atoms with Crippen molar-refractivity contribution in [3.8, 4) is 0 Å². The Labute approximate surface area is 92.2 Å². The van der Waals surface area contributed by atoms with Crippen molar-refractivity contribution in [2.24, 2.45) is 0 Å². The highest BCUT2D eigenvalue weighted by molar-refractivity contribution is 5.66. The van der Waals surface area contributed by atoms with Gasteiger partial charge in [0.25, 0.3) is 5.69 Å². The fraction of sp³-hybridized carbons (Fsp3) is 0.364. The van der Waals surface area contributed by atoms with Crippen LogP contribution in [0, 0.1) is 10.1 Å². The highest BCUT2D eigenvalue weighted by atomic mass is 16.6. The quantitative estimate of drug-likeness (QED) is 0.432. The van der Waals surface area contributed by atoms with Crippen molar-refractivity contribution in [2.75, 3.05) is 0 Å². The second-order valence-corrected chi connectivity index (χ2v) is 3.89. The predicted octanol–water partition coefficient (Wildman–Crippen LogP) is 1.84. The molecule has 0 saturated heterocycles. The van der Waals surface area contributed by atoms with Crippen LogP contribution in [0.15, 0.2) is 24.3 Å². The molecule has 2 rings (SSSR count). The van der Waals surface area contributed by atoms with Gasteiger partial charge < -0.3 is 9.53 Å². The van der Waals surface area contributed by atoms with Gasteiger partial charge in [-0.2, -0.15) is 0 Å². The number of carbonyl (C=O) groups is 1. The first-order valence-electron chi connectivity index (χ1n) is 4.99. The summed E-state index contributed by atoms with van der Waals surface area (Å²) in [5.41, 5.74) is 0.306. The van der Waals surface area contributed by atoms with E-state index >= 15 is 0 Å². The summed E-state index contributed by atoms with van der Waals surface area (Å²) in [6.45, 7) is 0.316. The molecule has 0 radical (unpaired) electrons. The fourth-order valence-electron chi connectivity index (χ4n) is 1.36. The number of carbonyl (C=O) groups excluding carboxylic acids is 1. The molecule has 5 heteroatoms. The lowest BCUT2D eigenvalue weighted by atomic mass is 10.2. The Balaban J connectivity index is 1.95. The summed E-state index contributed by atoms with van der Waals surface area (Å²) in [6.07, 6.45) is 2.37. The Morgan fingerprint density at radius 3 is 2.44 bits per heavy atom. The minimum absolute atomic E-state index is 0.0558. The van der Waals surface area contributed by atoms with E-state index in [1.54, 1.807) is 12.1 Å². The van der Waals surface area contributed by atoms with Crippen LogP contribution in [-0.2, 0) is 16.1 Å². The number of hydrogen-bond donors (Lipinski definition) is 0. The highest BCUT2D eigenvalue weighted by Gasteiger charge is 2.43. The number of nitro benzene ring substituents is 1. The van der Waals surface area contributed by atoms with Gasteiger partial charge in [0.15, 0.2) is 6.29 Å². The molecule has 0 aliphatic heterocycles. The minimum atomic E-state index is -0.582. The number of non-ortho nitro benzene ring substituents is 1. The van der Waals surface area contributed by atoms with Crippen molar-refractivity contribution in [1.82, 2.24) is 0 Å². The Morgan fingerprint density at radius 1 is 1.38 bits per heavy atom. The monoisotopic (exact) mass is 221 g/mol. The molecule has 0 N–H and O–H groups in total. The lowest BCUT2D eigenvalue weighted by Crippen LogP contribution is -2.15. The molecule has 0 unspecified atom stereocenters. The zero-order valence-electron chi connectivity index (χ0n) is 8.59. The van der Waals surface area contributed by atoms with Gasteiger partial charge in [0, 0.05) is 12.1 Å². The zero-order chi connectivity index (χ0) is 11.6. The van der Waals surface area contributed by atoms with Crippen LogP contribution >= 0.6 is 0 Å². The molecule has 0 heterocycles. The molecule has 1 aliphatic carbocycles. The van der Waals surface area contributed by atoms with Crippen LogP contribution in [0.3, 0.4) is 0 Å². The standard InChI is InChI=1S/C11H11NO4/c13-8-11(5-6-11)16-7-9-1-3-10(4-2-9)12(14)15/h1-4,8H,5-7H2. The van der Waals surface area contributed by atoms with Crippen molar-refractivity contribution in [3.05, 3.63) is 39.9 Å². The van der Waals surface area contributed by atoms with Crippen LogP contribution in [0.4, 0.5) is 5.69 Å². The summed E-state index contributed by atoms with van der Waals surface area (Å²) in [7, 11) is 0. The van der Waals surface area contributed by atoms with E-state index in [1.807, 2.05) is 0 Å². The third-order valence-corrected chi connectivity index (χ3v) is 2.63. The molecule has 1 aliphatic rings.